The van der Waals surface area contributed by atoms with Gasteiger partial charge in [-0.05, 0) is 25.3 Å². The van der Waals surface area contributed by atoms with Crippen LogP contribution in [0.2, 0.25) is 0 Å². The normalized spacial score (nSPS) is 10.3. The fourth-order valence-electron chi connectivity index (χ4n) is 2.26. The van der Waals surface area contributed by atoms with Crippen molar-refractivity contribution in [2.24, 2.45) is 0 Å². The van der Waals surface area contributed by atoms with Gasteiger partial charge >= 0.3 is 11.9 Å². The first-order valence-electron chi connectivity index (χ1n) is 8.54. The van der Waals surface area contributed by atoms with Crippen molar-refractivity contribution in [2.45, 2.75) is 12.1 Å². The maximum Gasteiger partial charge on any atom is 0.363 e. The molecule has 0 radical (unpaired) electrons. The molecule has 0 spiro atoms. The third-order valence-corrected chi connectivity index (χ3v) is 4.09. The lowest BCUT2D eigenvalue weighted by molar-refractivity contribution is 0.0526. The number of thioether (sulfide) groups is 1. The molecule has 0 saturated carbocycles. The summed E-state index contributed by atoms with van der Waals surface area (Å²) in [5, 5.41) is 3.55. The van der Waals surface area contributed by atoms with E-state index < -0.39 is 11.9 Å². The van der Waals surface area contributed by atoms with Crippen LogP contribution in [-0.2, 0) is 4.74 Å². The molecule has 0 aliphatic rings. The van der Waals surface area contributed by atoms with Gasteiger partial charge in [0.25, 0.3) is 0 Å². The van der Waals surface area contributed by atoms with Crippen molar-refractivity contribution in [3.8, 4) is 5.75 Å². The summed E-state index contributed by atoms with van der Waals surface area (Å²) in [4.78, 5) is 40.6. The summed E-state index contributed by atoms with van der Waals surface area (Å²) >= 11 is 1.34. The van der Waals surface area contributed by atoms with Crippen LogP contribution < -0.4 is 10.1 Å². The molecule has 3 rings (SSSR count). The van der Waals surface area contributed by atoms with Crippen LogP contribution in [0.5, 0.6) is 5.75 Å². The van der Waals surface area contributed by atoms with E-state index in [0.717, 1.165) is 0 Å². The Morgan fingerprint density at radius 3 is 2.72 bits per heavy atom. The van der Waals surface area contributed by atoms with E-state index in [4.69, 9.17) is 9.47 Å². The van der Waals surface area contributed by atoms with Crippen LogP contribution in [-0.4, -0.2) is 44.7 Å². The minimum atomic E-state index is -0.630. The molecule has 2 aromatic heterocycles. The minimum absolute atomic E-state index is 0.0934. The zero-order chi connectivity index (χ0) is 20.6. The Morgan fingerprint density at radius 1 is 1.14 bits per heavy atom. The SMILES string of the molecule is CCOC(=O)c1cnc(SC)nc1Nc1cccc(OC(=O)c2cnccn2)c1. The zero-order valence-electron chi connectivity index (χ0n) is 15.7. The number of hydrogen-bond donors (Lipinski definition) is 1. The van der Waals surface area contributed by atoms with Crippen LogP contribution in [0.15, 0.2) is 54.2 Å². The number of nitrogens with one attached hydrogen (secondary N) is 1. The van der Waals surface area contributed by atoms with Crippen LogP contribution in [0, 0.1) is 0 Å². The van der Waals surface area contributed by atoms with Crippen molar-refractivity contribution in [3.05, 3.63) is 60.3 Å². The number of carbonyl (C=O) groups excluding carboxylic acids is 2. The number of esters is 2. The Hall–Kier alpha value is -3.53. The maximum absolute atomic E-state index is 12.2. The quantitative estimate of drug-likeness (QED) is 0.269. The number of hydrogen-bond acceptors (Lipinski definition) is 10. The van der Waals surface area contributed by atoms with Gasteiger partial charge in [-0.2, -0.15) is 0 Å². The molecule has 0 fully saturated rings. The highest BCUT2D eigenvalue weighted by Crippen LogP contribution is 2.25. The molecule has 0 bridgehead atoms. The molecule has 1 N–H and O–H groups in total. The highest BCUT2D eigenvalue weighted by atomic mass is 32.2. The summed E-state index contributed by atoms with van der Waals surface area (Å²) in [5.41, 5.74) is 0.855. The summed E-state index contributed by atoms with van der Waals surface area (Å²) in [6, 6.07) is 6.67. The van der Waals surface area contributed by atoms with Crippen molar-refractivity contribution in [2.75, 3.05) is 18.2 Å². The zero-order valence-corrected chi connectivity index (χ0v) is 16.5. The molecule has 148 valence electrons. The molecule has 1 aromatic carbocycles. The number of benzene rings is 1. The fourth-order valence-corrected chi connectivity index (χ4v) is 2.60. The summed E-state index contributed by atoms with van der Waals surface area (Å²) in [6.07, 6.45) is 7.44. The Kier molecular flexibility index (Phi) is 6.69. The van der Waals surface area contributed by atoms with E-state index in [0.29, 0.717) is 22.4 Å². The van der Waals surface area contributed by atoms with Gasteiger partial charge in [-0.15, -0.1) is 0 Å². The van der Waals surface area contributed by atoms with Crippen LogP contribution in [0.4, 0.5) is 11.5 Å². The minimum Gasteiger partial charge on any atom is -0.462 e. The van der Waals surface area contributed by atoms with Crippen molar-refractivity contribution in [3.63, 3.8) is 0 Å². The molecule has 0 atom stereocenters. The molecule has 3 aromatic rings. The molecule has 29 heavy (non-hydrogen) atoms. The monoisotopic (exact) mass is 411 g/mol. The van der Waals surface area contributed by atoms with Gasteiger partial charge in [-0.3, -0.25) is 4.98 Å². The lowest BCUT2D eigenvalue weighted by atomic mass is 10.2. The van der Waals surface area contributed by atoms with E-state index in [1.165, 1.54) is 36.5 Å². The van der Waals surface area contributed by atoms with Crippen molar-refractivity contribution < 1.29 is 19.1 Å². The topological polar surface area (TPSA) is 116 Å². The van der Waals surface area contributed by atoms with Gasteiger partial charge in [-0.25, -0.2) is 24.5 Å². The smallest absolute Gasteiger partial charge is 0.363 e. The number of anilines is 2. The highest BCUT2D eigenvalue weighted by molar-refractivity contribution is 7.98. The van der Waals surface area contributed by atoms with Gasteiger partial charge in [0.15, 0.2) is 10.9 Å². The number of nitrogens with zero attached hydrogens (tertiary/aromatic N) is 4. The lowest BCUT2D eigenvalue weighted by Gasteiger charge is -2.12. The third-order valence-electron chi connectivity index (χ3n) is 3.52. The number of rotatable bonds is 7. The molecule has 0 unspecified atom stereocenters. The average molecular weight is 411 g/mol. The number of aromatic nitrogens is 4. The second-order valence-corrected chi connectivity index (χ2v) is 6.25. The number of ether oxygens (including phenoxy) is 2. The second kappa shape index (κ2) is 9.60. The van der Waals surface area contributed by atoms with Gasteiger partial charge < -0.3 is 14.8 Å². The Balaban J connectivity index is 1.83. The van der Waals surface area contributed by atoms with E-state index in [2.05, 4.69) is 25.3 Å². The van der Waals surface area contributed by atoms with Gasteiger partial charge in [0, 0.05) is 30.3 Å². The Bertz CT molecular complexity index is 1020. The van der Waals surface area contributed by atoms with Crippen LogP contribution in [0.25, 0.3) is 0 Å². The van der Waals surface area contributed by atoms with E-state index in [9.17, 15) is 9.59 Å². The standard InChI is InChI=1S/C19H17N5O4S/c1-3-27-17(25)14-10-22-19(29-2)24-16(14)23-12-5-4-6-13(9-12)28-18(26)15-11-20-7-8-21-15/h4-11H,3H2,1-2H3,(H,22,23,24). The van der Waals surface area contributed by atoms with Crippen LogP contribution in [0.1, 0.15) is 27.8 Å². The maximum atomic E-state index is 12.2. The summed E-state index contributed by atoms with van der Waals surface area (Å²) in [5.74, 6) is -0.579. The van der Waals surface area contributed by atoms with Gasteiger partial charge in [-0.1, -0.05) is 17.8 Å². The average Bonchev–Trinajstić information content (AvgIpc) is 2.74. The molecular weight excluding hydrogens is 394 g/mol. The first-order chi connectivity index (χ1) is 14.1. The lowest BCUT2D eigenvalue weighted by Crippen LogP contribution is -2.12. The molecule has 2 heterocycles. The van der Waals surface area contributed by atoms with E-state index in [1.807, 2.05) is 6.26 Å². The molecule has 0 amide bonds. The second-order valence-electron chi connectivity index (χ2n) is 5.47. The van der Waals surface area contributed by atoms with Crippen molar-refractivity contribution >= 4 is 35.2 Å². The first kappa shape index (κ1) is 20.2. The molecule has 0 saturated heterocycles. The molecule has 10 heteroatoms. The third kappa shape index (κ3) is 5.26. The van der Waals surface area contributed by atoms with Crippen molar-refractivity contribution in [1.82, 2.24) is 19.9 Å². The summed E-state index contributed by atoms with van der Waals surface area (Å²) < 4.78 is 10.4. The van der Waals surface area contributed by atoms with Gasteiger partial charge in [0.2, 0.25) is 0 Å². The van der Waals surface area contributed by atoms with E-state index >= 15 is 0 Å². The van der Waals surface area contributed by atoms with Crippen LogP contribution >= 0.6 is 11.8 Å². The molecule has 0 aliphatic heterocycles. The molecule has 9 nitrogen and oxygen atoms in total. The van der Waals surface area contributed by atoms with Crippen LogP contribution in [0.3, 0.4) is 0 Å². The largest absolute Gasteiger partial charge is 0.462 e. The molecule has 0 aliphatic carbocycles. The first-order valence-corrected chi connectivity index (χ1v) is 9.76. The van der Waals surface area contributed by atoms with Crippen molar-refractivity contribution in [1.29, 1.82) is 0 Å². The van der Waals surface area contributed by atoms with Gasteiger partial charge in [0.1, 0.15) is 17.1 Å². The Morgan fingerprint density at radius 2 is 2.00 bits per heavy atom. The Labute approximate surface area is 170 Å². The fraction of sp³-hybridized carbons (Fsp3) is 0.158. The summed E-state index contributed by atoms with van der Waals surface area (Å²) in [6.45, 7) is 1.95. The molecular formula is C19H17N5O4S. The van der Waals surface area contributed by atoms with E-state index in [-0.39, 0.29) is 17.9 Å². The summed E-state index contributed by atoms with van der Waals surface area (Å²) in [7, 11) is 0. The van der Waals surface area contributed by atoms with Gasteiger partial charge in [0.05, 0.1) is 12.8 Å². The predicted molar refractivity (Wildman–Crippen MR) is 106 cm³/mol. The predicted octanol–water partition coefficient (Wildman–Crippen LogP) is 3.13. The van der Waals surface area contributed by atoms with E-state index in [1.54, 1.807) is 31.2 Å². The number of carbonyl (C=O) groups is 2. The highest BCUT2D eigenvalue weighted by Gasteiger charge is 2.17.